The second-order valence-electron chi connectivity index (χ2n) is 5.64. The van der Waals surface area contributed by atoms with Crippen molar-refractivity contribution in [3.05, 3.63) is 29.3 Å². The summed E-state index contributed by atoms with van der Waals surface area (Å²) >= 11 is 0. The summed E-state index contributed by atoms with van der Waals surface area (Å²) < 4.78 is 5.28. The molecule has 3 nitrogen and oxygen atoms in total. The molecule has 1 aliphatic carbocycles. The van der Waals surface area contributed by atoms with Crippen molar-refractivity contribution in [3.63, 3.8) is 0 Å². The number of rotatable bonds is 2. The predicted molar refractivity (Wildman–Crippen MR) is 74.6 cm³/mol. The third-order valence-electron chi connectivity index (χ3n) is 4.41. The number of methoxy groups -OCH3 is 1. The molecule has 1 aromatic carbocycles. The molecule has 0 spiro atoms. The summed E-state index contributed by atoms with van der Waals surface area (Å²) in [5.74, 6) is 1.36. The number of aryl methyl sites for hydroxylation is 1. The van der Waals surface area contributed by atoms with Crippen molar-refractivity contribution in [2.24, 2.45) is 0 Å². The maximum absolute atomic E-state index is 11.6. The van der Waals surface area contributed by atoms with Crippen LogP contribution in [0.3, 0.4) is 0 Å². The zero-order chi connectivity index (χ0) is 13.2. The third kappa shape index (κ3) is 2.66. The number of nitrogens with zero attached hydrogens (tertiary/aromatic N) is 1. The van der Waals surface area contributed by atoms with E-state index in [2.05, 4.69) is 17.0 Å². The molecule has 0 amide bonds. The zero-order valence-electron chi connectivity index (χ0n) is 11.5. The summed E-state index contributed by atoms with van der Waals surface area (Å²) in [4.78, 5) is 14.0. The number of ketones is 1. The fraction of sp³-hybridized carbons (Fsp3) is 0.562. The van der Waals surface area contributed by atoms with E-state index in [9.17, 15) is 4.79 Å². The average Bonchev–Trinajstić information content (AvgIpc) is 2.46. The van der Waals surface area contributed by atoms with Gasteiger partial charge in [-0.05, 0) is 55.5 Å². The van der Waals surface area contributed by atoms with Gasteiger partial charge in [-0.2, -0.15) is 0 Å². The van der Waals surface area contributed by atoms with Crippen LogP contribution in [0.1, 0.15) is 30.4 Å². The van der Waals surface area contributed by atoms with Crippen molar-refractivity contribution >= 4 is 5.78 Å². The van der Waals surface area contributed by atoms with Gasteiger partial charge in [-0.1, -0.05) is 6.07 Å². The highest BCUT2D eigenvalue weighted by Crippen LogP contribution is 2.28. The number of hydrogen-bond acceptors (Lipinski definition) is 3. The minimum Gasteiger partial charge on any atom is -0.497 e. The Labute approximate surface area is 114 Å². The van der Waals surface area contributed by atoms with Crippen molar-refractivity contribution in [1.82, 2.24) is 4.90 Å². The maximum atomic E-state index is 11.6. The van der Waals surface area contributed by atoms with Crippen LogP contribution in [0.2, 0.25) is 0 Å². The van der Waals surface area contributed by atoms with Crippen LogP contribution in [-0.4, -0.2) is 36.9 Å². The topological polar surface area (TPSA) is 29.5 Å². The molecule has 0 aromatic heterocycles. The molecule has 102 valence electrons. The van der Waals surface area contributed by atoms with Crippen LogP contribution >= 0.6 is 0 Å². The molecule has 19 heavy (non-hydrogen) atoms. The van der Waals surface area contributed by atoms with Gasteiger partial charge in [-0.3, -0.25) is 9.69 Å². The molecule has 1 saturated heterocycles. The molecule has 0 bridgehead atoms. The number of hydrogen-bond donors (Lipinski definition) is 0. The number of piperidine rings is 1. The Bertz CT molecular complexity index is 484. The molecule has 1 aromatic rings. The van der Waals surface area contributed by atoms with Crippen LogP contribution in [-0.2, 0) is 17.6 Å². The van der Waals surface area contributed by atoms with Crippen molar-refractivity contribution in [1.29, 1.82) is 0 Å². The Morgan fingerprint density at radius 1 is 1.26 bits per heavy atom. The van der Waals surface area contributed by atoms with E-state index >= 15 is 0 Å². The van der Waals surface area contributed by atoms with Crippen LogP contribution in [0.25, 0.3) is 0 Å². The van der Waals surface area contributed by atoms with E-state index in [0.29, 0.717) is 18.4 Å². The highest BCUT2D eigenvalue weighted by molar-refractivity contribution is 5.81. The number of ether oxygens (including phenoxy) is 1. The normalized spacial score (nSPS) is 24.1. The van der Waals surface area contributed by atoms with Crippen LogP contribution in [0.15, 0.2) is 18.2 Å². The molecule has 3 heteroatoms. The quantitative estimate of drug-likeness (QED) is 0.815. The van der Waals surface area contributed by atoms with Gasteiger partial charge in [0.2, 0.25) is 0 Å². The Morgan fingerprint density at radius 2 is 2.16 bits per heavy atom. The number of likely N-dealkylation sites (tertiary alicyclic amines) is 1. The van der Waals surface area contributed by atoms with Gasteiger partial charge in [0.05, 0.1) is 13.7 Å². The van der Waals surface area contributed by atoms with Gasteiger partial charge in [0.1, 0.15) is 11.5 Å². The fourth-order valence-corrected chi connectivity index (χ4v) is 3.33. The highest BCUT2D eigenvalue weighted by atomic mass is 16.5. The molecule has 0 saturated carbocycles. The highest BCUT2D eigenvalue weighted by Gasteiger charge is 2.27. The number of carbonyl (C=O) groups excluding carboxylic acids is 1. The Balaban J connectivity index is 1.73. The summed E-state index contributed by atoms with van der Waals surface area (Å²) in [6, 6.07) is 6.94. The van der Waals surface area contributed by atoms with Crippen LogP contribution in [0, 0.1) is 0 Å². The van der Waals surface area contributed by atoms with Crippen molar-refractivity contribution in [3.8, 4) is 5.75 Å². The second kappa shape index (κ2) is 5.33. The van der Waals surface area contributed by atoms with Gasteiger partial charge in [-0.15, -0.1) is 0 Å². The first-order valence-corrected chi connectivity index (χ1v) is 7.18. The Kier molecular flexibility index (Phi) is 3.56. The molecular formula is C16H21NO2. The Hall–Kier alpha value is -1.35. The average molecular weight is 259 g/mol. The van der Waals surface area contributed by atoms with Crippen molar-refractivity contribution < 1.29 is 9.53 Å². The van der Waals surface area contributed by atoms with Crippen LogP contribution in [0.4, 0.5) is 0 Å². The van der Waals surface area contributed by atoms with E-state index in [1.807, 2.05) is 6.07 Å². The number of benzene rings is 1. The monoisotopic (exact) mass is 259 g/mol. The zero-order valence-corrected chi connectivity index (χ0v) is 11.5. The standard InChI is InChI=1S/C16H21NO2/c1-19-16-7-5-12-9-14(6-4-13(12)10-16)17-8-2-3-15(18)11-17/h5,7,10,14H,2-4,6,8-9,11H2,1H3/t14-/m1/s1. The molecule has 2 aliphatic rings. The minimum absolute atomic E-state index is 0.409. The molecule has 1 aliphatic heterocycles. The first-order chi connectivity index (χ1) is 9.26. The lowest BCUT2D eigenvalue weighted by Gasteiger charge is -2.36. The number of Topliss-reactive ketones (excluding diaryl/α,β-unsaturated/α-hetero) is 1. The predicted octanol–water partition coefficient (Wildman–Crippen LogP) is 2.22. The molecule has 0 N–H and O–H groups in total. The molecular weight excluding hydrogens is 238 g/mol. The lowest BCUT2D eigenvalue weighted by atomic mass is 9.86. The van der Waals surface area contributed by atoms with Gasteiger partial charge < -0.3 is 4.74 Å². The Morgan fingerprint density at radius 3 is 2.95 bits per heavy atom. The fourth-order valence-electron chi connectivity index (χ4n) is 3.33. The van der Waals surface area contributed by atoms with Crippen LogP contribution in [0.5, 0.6) is 5.75 Å². The van der Waals surface area contributed by atoms with E-state index in [0.717, 1.165) is 44.4 Å². The van der Waals surface area contributed by atoms with Gasteiger partial charge in [0.25, 0.3) is 0 Å². The summed E-state index contributed by atoms with van der Waals surface area (Å²) in [5, 5.41) is 0. The molecule has 1 heterocycles. The minimum atomic E-state index is 0.409. The SMILES string of the molecule is COc1ccc2c(c1)CC[C@@H](N1CCCC(=O)C1)C2. The second-order valence-corrected chi connectivity index (χ2v) is 5.64. The van der Waals surface area contributed by atoms with Gasteiger partial charge >= 0.3 is 0 Å². The lowest BCUT2D eigenvalue weighted by Crippen LogP contribution is -2.45. The van der Waals surface area contributed by atoms with E-state index in [1.165, 1.54) is 11.1 Å². The van der Waals surface area contributed by atoms with E-state index in [1.54, 1.807) is 7.11 Å². The number of carbonyl (C=O) groups is 1. The van der Waals surface area contributed by atoms with Crippen LogP contribution < -0.4 is 4.74 Å². The summed E-state index contributed by atoms with van der Waals surface area (Å²) in [6.07, 6.45) is 5.14. The molecule has 1 atom stereocenters. The first kappa shape index (κ1) is 12.7. The van der Waals surface area contributed by atoms with Gasteiger partial charge in [0, 0.05) is 12.5 Å². The van der Waals surface area contributed by atoms with E-state index in [-0.39, 0.29) is 0 Å². The molecule has 0 radical (unpaired) electrons. The molecule has 0 unspecified atom stereocenters. The molecule has 3 rings (SSSR count). The van der Waals surface area contributed by atoms with Gasteiger partial charge in [-0.25, -0.2) is 0 Å². The largest absolute Gasteiger partial charge is 0.497 e. The van der Waals surface area contributed by atoms with Crippen molar-refractivity contribution in [2.45, 2.75) is 38.1 Å². The summed E-state index contributed by atoms with van der Waals surface area (Å²) in [5.41, 5.74) is 2.84. The lowest BCUT2D eigenvalue weighted by molar-refractivity contribution is -0.123. The maximum Gasteiger partial charge on any atom is 0.146 e. The van der Waals surface area contributed by atoms with Crippen molar-refractivity contribution in [2.75, 3.05) is 20.2 Å². The van der Waals surface area contributed by atoms with Gasteiger partial charge in [0.15, 0.2) is 0 Å². The summed E-state index contributed by atoms with van der Waals surface area (Å²) in [6.45, 7) is 1.75. The number of fused-ring (bicyclic) bond motifs is 1. The smallest absolute Gasteiger partial charge is 0.146 e. The molecule has 1 fully saturated rings. The third-order valence-corrected chi connectivity index (χ3v) is 4.41. The van der Waals surface area contributed by atoms with E-state index < -0.39 is 0 Å². The van der Waals surface area contributed by atoms with E-state index in [4.69, 9.17) is 4.74 Å². The first-order valence-electron chi connectivity index (χ1n) is 7.18. The summed E-state index contributed by atoms with van der Waals surface area (Å²) in [7, 11) is 1.71.